The SMILES string of the molecule is CC(C)(C)c1cc(C(F)(F)F)n2nc(C(=O)N3CCN(Cc4ccc(Cl)c(Cl)c4)CC3)cc2n1. The Hall–Kier alpha value is -2.36. The van der Waals surface area contributed by atoms with Crippen LogP contribution < -0.4 is 0 Å². The van der Waals surface area contributed by atoms with Gasteiger partial charge in [-0.2, -0.15) is 18.3 Å². The molecule has 2 aromatic heterocycles. The maximum atomic E-state index is 13.7. The van der Waals surface area contributed by atoms with E-state index in [9.17, 15) is 18.0 Å². The first-order valence-electron chi connectivity index (χ1n) is 10.8. The molecule has 1 aliphatic rings. The van der Waals surface area contributed by atoms with Gasteiger partial charge in [0.05, 0.1) is 15.7 Å². The van der Waals surface area contributed by atoms with Crippen molar-refractivity contribution in [1.82, 2.24) is 24.4 Å². The fraction of sp³-hybridized carbons (Fsp3) is 0.435. The van der Waals surface area contributed by atoms with Crippen molar-refractivity contribution in [3.05, 3.63) is 63.0 Å². The van der Waals surface area contributed by atoms with Crippen molar-refractivity contribution in [1.29, 1.82) is 0 Å². The zero-order valence-electron chi connectivity index (χ0n) is 19.0. The highest BCUT2D eigenvalue weighted by atomic mass is 35.5. The van der Waals surface area contributed by atoms with Crippen LogP contribution in [0.1, 0.15) is 48.2 Å². The minimum absolute atomic E-state index is 0.00125. The van der Waals surface area contributed by atoms with Crippen molar-refractivity contribution in [2.75, 3.05) is 26.2 Å². The third-order valence-electron chi connectivity index (χ3n) is 5.75. The maximum Gasteiger partial charge on any atom is 0.433 e. The van der Waals surface area contributed by atoms with E-state index in [1.54, 1.807) is 31.7 Å². The Morgan fingerprint density at radius 1 is 1.00 bits per heavy atom. The standard InChI is InChI=1S/C23H24Cl2F3N5O/c1-22(2,3)18-12-19(23(26,27)28)33-20(29-18)11-17(30-33)21(34)32-8-6-31(7-9-32)13-14-4-5-15(24)16(25)10-14/h4-5,10-12H,6-9,13H2,1-3H3. The number of hydrogen-bond donors (Lipinski definition) is 0. The molecule has 1 fully saturated rings. The van der Waals surface area contributed by atoms with Gasteiger partial charge in [-0.05, 0) is 23.8 Å². The minimum atomic E-state index is -4.64. The highest BCUT2D eigenvalue weighted by Crippen LogP contribution is 2.33. The number of benzene rings is 1. The average molecular weight is 514 g/mol. The van der Waals surface area contributed by atoms with Gasteiger partial charge in [0.2, 0.25) is 0 Å². The molecule has 1 aliphatic heterocycles. The van der Waals surface area contributed by atoms with E-state index in [0.717, 1.165) is 11.6 Å². The first-order valence-corrected chi connectivity index (χ1v) is 11.5. The summed E-state index contributed by atoms with van der Waals surface area (Å²) < 4.78 is 41.9. The number of carbonyl (C=O) groups excluding carboxylic acids is 1. The number of rotatable bonds is 3. The van der Waals surface area contributed by atoms with Crippen LogP contribution in [0.25, 0.3) is 5.65 Å². The Morgan fingerprint density at radius 2 is 1.68 bits per heavy atom. The number of piperazine rings is 1. The Morgan fingerprint density at radius 3 is 2.26 bits per heavy atom. The second-order valence-electron chi connectivity index (χ2n) is 9.39. The summed E-state index contributed by atoms with van der Waals surface area (Å²) in [6.07, 6.45) is -4.64. The summed E-state index contributed by atoms with van der Waals surface area (Å²) in [5.41, 5.74) is -0.311. The number of hydrogen-bond acceptors (Lipinski definition) is 4. The quantitative estimate of drug-likeness (QED) is 0.476. The number of aromatic nitrogens is 3. The van der Waals surface area contributed by atoms with Crippen LogP contribution in [0, 0.1) is 0 Å². The molecule has 0 spiro atoms. The molecule has 3 aromatic rings. The van der Waals surface area contributed by atoms with E-state index in [-0.39, 0.29) is 17.0 Å². The molecule has 0 aliphatic carbocycles. The third kappa shape index (κ3) is 5.16. The number of fused-ring (bicyclic) bond motifs is 1. The number of alkyl halides is 3. The first kappa shape index (κ1) is 24.8. The van der Waals surface area contributed by atoms with Crippen LogP contribution >= 0.6 is 23.2 Å². The van der Waals surface area contributed by atoms with E-state index >= 15 is 0 Å². The summed E-state index contributed by atoms with van der Waals surface area (Å²) in [6.45, 7) is 8.09. The molecular weight excluding hydrogens is 490 g/mol. The minimum Gasteiger partial charge on any atom is -0.335 e. The van der Waals surface area contributed by atoms with Crippen molar-refractivity contribution in [2.24, 2.45) is 0 Å². The summed E-state index contributed by atoms with van der Waals surface area (Å²) in [5, 5.41) is 4.96. The molecule has 0 saturated carbocycles. The first-order chi connectivity index (χ1) is 15.8. The zero-order valence-corrected chi connectivity index (χ0v) is 20.5. The summed E-state index contributed by atoms with van der Waals surface area (Å²) >= 11 is 12.0. The summed E-state index contributed by atoms with van der Waals surface area (Å²) in [5.74, 6) is -0.412. The lowest BCUT2D eigenvalue weighted by atomic mass is 9.91. The average Bonchev–Trinajstić information content (AvgIpc) is 3.18. The van der Waals surface area contributed by atoms with Crippen LogP contribution in [0.5, 0.6) is 0 Å². The Bertz CT molecular complexity index is 1230. The summed E-state index contributed by atoms with van der Waals surface area (Å²) in [7, 11) is 0. The lowest BCUT2D eigenvalue weighted by molar-refractivity contribution is -0.142. The van der Waals surface area contributed by atoms with Crippen LogP contribution in [0.4, 0.5) is 13.2 Å². The van der Waals surface area contributed by atoms with Crippen molar-refractivity contribution in [3.8, 4) is 0 Å². The molecule has 1 aromatic carbocycles. The Labute approximate surface area is 205 Å². The zero-order chi connectivity index (χ0) is 24.8. The highest BCUT2D eigenvalue weighted by molar-refractivity contribution is 6.42. The molecule has 4 rings (SSSR count). The summed E-state index contributed by atoms with van der Waals surface area (Å²) in [4.78, 5) is 21.2. The third-order valence-corrected chi connectivity index (χ3v) is 6.49. The lowest BCUT2D eigenvalue weighted by Gasteiger charge is -2.34. The van der Waals surface area contributed by atoms with Crippen molar-refractivity contribution in [3.63, 3.8) is 0 Å². The fourth-order valence-corrected chi connectivity index (χ4v) is 4.15. The second kappa shape index (κ2) is 9.02. The Balaban J connectivity index is 1.51. The van der Waals surface area contributed by atoms with E-state index in [1.807, 2.05) is 12.1 Å². The second-order valence-corrected chi connectivity index (χ2v) is 10.2. The molecule has 0 atom stereocenters. The van der Waals surface area contributed by atoms with Gasteiger partial charge in [-0.3, -0.25) is 9.69 Å². The van der Waals surface area contributed by atoms with Gasteiger partial charge in [0, 0.05) is 44.2 Å². The van der Waals surface area contributed by atoms with Crippen LogP contribution in [-0.4, -0.2) is 56.5 Å². The predicted octanol–water partition coefficient (Wildman–Crippen LogP) is 5.31. The molecule has 182 valence electrons. The van der Waals surface area contributed by atoms with E-state index < -0.39 is 23.2 Å². The van der Waals surface area contributed by atoms with E-state index in [0.29, 0.717) is 47.3 Å². The van der Waals surface area contributed by atoms with Crippen molar-refractivity contribution >= 4 is 34.8 Å². The maximum absolute atomic E-state index is 13.7. The van der Waals surface area contributed by atoms with Gasteiger partial charge in [-0.15, -0.1) is 0 Å². The normalized spacial score (nSPS) is 15.8. The smallest absolute Gasteiger partial charge is 0.335 e. The van der Waals surface area contributed by atoms with Crippen LogP contribution in [0.3, 0.4) is 0 Å². The van der Waals surface area contributed by atoms with E-state index in [2.05, 4.69) is 15.0 Å². The van der Waals surface area contributed by atoms with Gasteiger partial charge in [-0.1, -0.05) is 50.0 Å². The molecule has 34 heavy (non-hydrogen) atoms. The molecule has 3 heterocycles. The molecule has 0 unspecified atom stereocenters. The summed E-state index contributed by atoms with van der Waals surface area (Å²) in [6, 6.07) is 7.79. The van der Waals surface area contributed by atoms with Gasteiger partial charge in [-0.25, -0.2) is 9.50 Å². The fourth-order valence-electron chi connectivity index (χ4n) is 3.83. The molecule has 0 radical (unpaired) electrons. The topological polar surface area (TPSA) is 53.7 Å². The van der Waals surface area contributed by atoms with Gasteiger partial charge in [0.15, 0.2) is 11.3 Å². The molecular formula is C23H24Cl2F3N5O. The molecule has 0 N–H and O–H groups in total. The van der Waals surface area contributed by atoms with Gasteiger partial charge in [0.25, 0.3) is 5.91 Å². The lowest BCUT2D eigenvalue weighted by Crippen LogP contribution is -2.48. The molecule has 11 heteroatoms. The van der Waals surface area contributed by atoms with Crippen molar-refractivity contribution in [2.45, 2.75) is 38.9 Å². The van der Waals surface area contributed by atoms with Crippen LogP contribution in [0.2, 0.25) is 10.0 Å². The molecule has 1 saturated heterocycles. The van der Waals surface area contributed by atoms with Gasteiger partial charge >= 0.3 is 6.18 Å². The van der Waals surface area contributed by atoms with Gasteiger partial charge < -0.3 is 4.90 Å². The molecule has 1 amide bonds. The number of carbonyl (C=O) groups is 1. The monoisotopic (exact) mass is 513 g/mol. The van der Waals surface area contributed by atoms with Crippen LogP contribution in [0.15, 0.2) is 30.3 Å². The Kier molecular flexibility index (Phi) is 6.56. The number of amides is 1. The largest absolute Gasteiger partial charge is 0.433 e. The molecule has 6 nitrogen and oxygen atoms in total. The van der Waals surface area contributed by atoms with E-state index in [4.69, 9.17) is 23.2 Å². The van der Waals surface area contributed by atoms with Crippen LogP contribution in [-0.2, 0) is 18.1 Å². The number of halogens is 5. The molecule has 0 bridgehead atoms. The van der Waals surface area contributed by atoms with E-state index in [1.165, 1.54) is 6.07 Å². The van der Waals surface area contributed by atoms with Crippen molar-refractivity contribution < 1.29 is 18.0 Å². The van der Waals surface area contributed by atoms with Gasteiger partial charge in [0.1, 0.15) is 5.69 Å². The highest BCUT2D eigenvalue weighted by Gasteiger charge is 2.37. The number of nitrogens with zero attached hydrogens (tertiary/aromatic N) is 5. The predicted molar refractivity (Wildman–Crippen MR) is 124 cm³/mol.